The van der Waals surface area contributed by atoms with Gasteiger partial charge in [0.2, 0.25) is 0 Å². The van der Waals surface area contributed by atoms with Crippen LogP contribution in [0.25, 0.3) is 32.7 Å². The monoisotopic (exact) mass is 703 g/mol. The minimum Gasteiger partial charge on any atom is -0.506 e. The SMILES string of the molecule is CN(C)CCN(C)C.O=C(Nc1ccccc1)c1cc2ccccc2c(-c2c(O)c(C(=O)Nc3ccccc3)cc3ccccc23)c1O.[Cu+]. The fraction of sp³-hybridized carbons (Fsp3) is 0.150. The van der Waals surface area contributed by atoms with Gasteiger partial charge in [0.1, 0.15) is 11.5 Å². The van der Waals surface area contributed by atoms with Crippen LogP contribution in [0.15, 0.2) is 121 Å². The van der Waals surface area contributed by atoms with Crippen molar-refractivity contribution in [2.24, 2.45) is 0 Å². The molecule has 0 saturated heterocycles. The summed E-state index contributed by atoms with van der Waals surface area (Å²) in [7, 11) is 8.35. The van der Waals surface area contributed by atoms with Crippen LogP contribution in [0.4, 0.5) is 11.4 Å². The maximum atomic E-state index is 13.4. The fourth-order valence-corrected chi connectivity index (χ4v) is 5.37. The molecule has 6 aromatic rings. The van der Waals surface area contributed by atoms with Crippen LogP contribution in [-0.2, 0) is 17.1 Å². The number of anilines is 2. The number of fused-ring (bicyclic) bond motifs is 2. The van der Waals surface area contributed by atoms with Gasteiger partial charge in [0.05, 0.1) is 11.1 Å². The molecule has 49 heavy (non-hydrogen) atoms. The molecule has 9 heteroatoms. The van der Waals surface area contributed by atoms with Gasteiger partial charge in [-0.15, -0.1) is 0 Å². The molecule has 0 aromatic heterocycles. The van der Waals surface area contributed by atoms with E-state index < -0.39 is 11.8 Å². The summed E-state index contributed by atoms with van der Waals surface area (Å²) in [5.41, 5.74) is 1.77. The van der Waals surface area contributed by atoms with E-state index in [1.807, 2.05) is 60.7 Å². The smallest absolute Gasteiger partial charge is 0.506 e. The predicted molar refractivity (Wildman–Crippen MR) is 196 cm³/mol. The Morgan fingerprint density at radius 2 is 0.857 bits per heavy atom. The van der Waals surface area contributed by atoms with Crippen molar-refractivity contribution < 1.29 is 36.9 Å². The van der Waals surface area contributed by atoms with Gasteiger partial charge in [0.25, 0.3) is 11.8 Å². The topological polar surface area (TPSA) is 105 Å². The molecular weight excluding hydrogens is 664 g/mol. The van der Waals surface area contributed by atoms with E-state index in [2.05, 4.69) is 48.6 Å². The zero-order valence-electron chi connectivity index (χ0n) is 27.9. The van der Waals surface area contributed by atoms with Crippen molar-refractivity contribution in [3.63, 3.8) is 0 Å². The van der Waals surface area contributed by atoms with E-state index in [9.17, 15) is 19.8 Å². The number of phenolic OH excluding ortho intramolecular Hbond substituents is 2. The van der Waals surface area contributed by atoms with Crippen molar-refractivity contribution in [3.8, 4) is 22.6 Å². The second-order valence-corrected chi connectivity index (χ2v) is 12.0. The van der Waals surface area contributed by atoms with Crippen molar-refractivity contribution in [2.75, 3.05) is 51.9 Å². The number of nitrogens with one attached hydrogen (secondary N) is 2. The van der Waals surface area contributed by atoms with Gasteiger partial charge in [-0.3, -0.25) is 9.59 Å². The van der Waals surface area contributed by atoms with E-state index in [4.69, 9.17) is 0 Å². The first-order valence-electron chi connectivity index (χ1n) is 15.7. The van der Waals surface area contributed by atoms with Crippen molar-refractivity contribution in [1.82, 2.24) is 9.80 Å². The average Bonchev–Trinajstić information content (AvgIpc) is 3.08. The fourth-order valence-electron chi connectivity index (χ4n) is 5.37. The number of hydrogen-bond acceptors (Lipinski definition) is 6. The average molecular weight is 704 g/mol. The molecule has 2 amide bonds. The van der Waals surface area contributed by atoms with E-state index in [-0.39, 0.29) is 50.8 Å². The summed E-state index contributed by atoms with van der Waals surface area (Å²) < 4.78 is 0. The number of likely N-dealkylation sites (N-methyl/N-ethyl adjacent to an activating group) is 2. The number of carbonyl (C=O) groups is 2. The van der Waals surface area contributed by atoms with Crippen LogP contribution in [0.1, 0.15) is 20.7 Å². The maximum Gasteiger partial charge on any atom is 1.00 e. The predicted octanol–water partition coefficient (Wildman–Crippen LogP) is 7.68. The zero-order chi connectivity index (χ0) is 34.2. The number of amides is 2. The van der Waals surface area contributed by atoms with Gasteiger partial charge in [-0.25, -0.2) is 0 Å². The molecule has 0 aliphatic carbocycles. The van der Waals surface area contributed by atoms with Crippen molar-refractivity contribution in [2.45, 2.75) is 0 Å². The van der Waals surface area contributed by atoms with E-state index >= 15 is 0 Å². The molecule has 0 unspecified atom stereocenters. The summed E-state index contributed by atoms with van der Waals surface area (Å²) in [6.45, 7) is 2.29. The first kappa shape index (κ1) is 36.7. The number of para-hydroxylation sites is 2. The second kappa shape index (κ2) is 16.8. The second-order valence-electron chi connectivity index (χ2n) is 12.0. The van der Waals surface area contributed by atoms with Gasteiger partial charge in [-0.1, -0.05) is 84.9 Å². The third kappa shape index (κ3) is 8.84. The Kier molecular flexibility index (Phi) is 12.5. The summed E-state index contributed by atoms with van der Waals surface area (Å²) in [5, 5.41) is 31.6. The Balaban J connectivity index is 0.000000538. The number of phenols is 2. The summed E-state index contributed by atoms with van der Waals surface area (Å²) in [6.07, 6.45) is 0. The van der Waals surface area contributed by atoms with Crippen LogP contribution in [-0.4, -0.2) is 73.1 Å². The van der Waals surface area contributed by atoms with Gasteiger partial charge in [-0.2, -0.15) is 0 Å². The number of carbonyl (C=O) groups excluding carboxylic acids is 2. The van der Waals surface area contributed by atoms with Crippen LogP contribution in [0.2, 0.25) is 0 Å². The van der Waals surface area contributed by atoms with Crippen LogP contribution >= 0.6 is 0 Å². The largest absolute Gasteiger partial charge is 1.00 e. The molecule has 254 valence electrons. The Labute approximate surface area is 297 Å². The van der Waals surface area contributed by atoms with Crippen molar-refractivity contribution in [3.05, 3.63) is 132 Å². The Morgan fingerprint density at radius 3 is 1.20 bits per heavy atom. The molecule has 0 saturated carbocycles. The molecule has 0 radical (unpaired) electrons. The summed E-state index contributed by atoms with van der Waals surface area (Å²) in [5.74, 6) is -1.60. The summed E-state index contributed by atoms with van der Waals surface area (Å²) >= 11 is 0. The molecule has 0 bridgehead atoms. The molecule has 0 atom stereocenters. The minimum absolute atomic E-state index is 0. The first-order chi connectivity index (χ1) is 23.1. The quantitative estimate of drug-likeness (QED) is 0.121. The Morgan fingerprint density at radius 1 is 0.531 bits per heavy atom. The van der Waals surface area contributed by atoms with Gasteiger partial charge in [-0.05, 0) is 86.1 Å². The van der Waals surface area contributed by atoms with E-state index in [1.54, 1.807) is 60.7 Å². The van der Waals surface area contributed by atoms with Crippen molar-refractivity contribution >= 4 is 44.7 Å². The molecule has 0 aliphatic rings. The molecular formula is C40H40CuN4O4+. The van der Waals surface area contributed by atoms with Gasteiger partial charge >= 0.3 is 17.1 Å². The first-order valence-corrected chi connectivity index (χ1v) is 15.7. The summed E-state index contributed by atoms with van der Waals surface area (Å²) in [4.78, 5) is 31.1. The van der Waals surface area contributed by atoms with Crippen LogP contribution in [0, 0.1) is 0 Å². The molecule has 8 nitrogen and oxygen atoms in total. The van der Waals surface area contributed by atoms with Crippen LogP contribution < -0.4 is 10.6 Å². The Bertz CT molecular complexity index is 1900. The Hall–Kier alpha value is -5.18. The number of aromatic hydroxyl groups is 2. The molecule has 0 aliphatic heterocycles. The van der Waals surface area contributed by atoms with E-state index in [1.165, 1.54) is 0 Å². The van der Waals surface area contributed by atoms with E-state index in [0.717, 1.165) is 13.1 Å². The molecule has 6 rings (SSSR count). The number of nitrogens with zero attached hydrogens (tertiary/aromatic N) is 2. The van der Waals surface area contributed by atoms with Crippen molar-refractivity contribution in [1.29, 1.82) is 0 Å². The molecule has 0 fully saturated rings. The number of rotatable bonds is 8. The van der Waals surface area contributed by atoms with Gasteiger partial charge < -0.3 is 30.6 Å². The molecule has 6 aromatic carbocycles. The molecule has 4 N–H and O–H groups in total. The third-order valence-electron chi connectivity index (χ3n) is 7.84. The molecule has 0 heterocycles. The van der Waals surface area contributed by atoms with Gasteiger partial charge in [0.15, 0.2) is 0 Å². The third-order valence-corrected chi connectivity index (χ3v) is 7.84. The number of benzene rings is 6. The van der Waals surface area contributed by atoms with E-state index in [0.29, 0.717) is 32.9 Å². The van der Waals surface area contributed by atoms with Crippen LogP contribution in [0.3, 0.4) is 0 Å². The minimum atomic E-state index is -0.502. The van der Waals surface area contributed by atoms with Gasteiger partial charge in [0, 0.05) is 35.6 Å². The number of hydrogen-bond donors (Lipinski definition) is 4. The standard InChI is InChI=1S/C34H24N2O4.C6H16N2.Cu/c37-31-27(33(39)35-23-13-3-1-4-14-23)19-21-11-7-9-17-25(21)29(31)30-26-18-10-8-12-22(26)20-28(32(30)38)34(40)36-24-15-5-2-6-16-24;1-7(2)5-6-8(3)4;/h1-20,37-38H,(H,35,39)(H,36,40);5-6H2,1-4H3;/q;;+1. The molecule has 0 spiro atoms. The normalized spacial score (nSPS) is 10.7. The zero-order valence-corrected chi connectivity index (χ0v) is 28.8. The summed E-state index contributed by atoms with van der Waals surface area (Å²) in [6, 6.07) is 35.8. The van der Waals surface area contributed by atoms with Crippen LogP contribution in [0.5, 0.6) is 11.5 Å². The maximum absolute atomic E-state index is 13.4.